The van der Waals surface area contributed by atoms with Gasteiger partial charge in [0.1, 0.15) is 6.54 Å². The molecule has 8 nitrogen and oxygen atoms in total. The highest BCUT2D eigenvalue weighted by atomic mass is 16.2. The van der Waals surface area contributed by atoms with Gasteiger partial charge in [-0.3, -0.25) is 14.6 Å². The molecule has 1 aromatic carbocycles. The van der Waals surface area contributed by atoms with Crippen molar-refractivity contribution < 1.29 is 9.59 Å². The van der Waals surface area contributed by atoms with Crippen LogP contribution in [0.25, 0.3) is 11.1 Å². The molecule has 1 aliphatic heterocycles. The average molecular weight is 447 g/mol. The van der Waals surface area contributed by atoms with Gasteiger partial charge in [-0.25, -0.2) is 4.68 Å². The standard InChI is InChI=1S/C25H30N6O2/c1-18(2)27-24(33)25(9-12-30(17-25)23(32)16-31-15-19(3)28-29-31)14-20-5-4-6-22(13-20)21-7-10-26-11-8-21/h4-8,10-11,13,15,18H,9,12,14,16-17H2,1-3H3,(H,27,33). The first-order chi connectivity index (χ1) is 15.8. The molecule has 2 aromatic heterocycles. The van der Waals surface area contributed by atoms with E-state index in [-0.39, 0.29) is 24.4 Å². The van der Waals surface area contributed by atoms with Crippen molar-refractivity contribution in [3.05, 3.63) is 66.2 Å². The molecule has 1 aliphatic rings. The number of hydrogen-bond donors (Lipinski definition) is 1. The highest BCUT2D eigenvalue weighted by Crippen LogP contribution is 2.36. The maximum Gasteiger partial charge on any atom is 0.244 e. The zero-order valence-electron chi connectivity index (χ0n) is 19.4. The second-order valence-electron chi connectivity index (χ2n) is 9.14. The molecule has 4 rings (SSSR count). The van der Waals surface area contributed by atoms with E-state index >= 15 is 0 Å². The Bertz CT molecular complexity index is 1130. The number of likely N-dealkylation sites (tertiary alicyclic amines) is 1. The number of hydrogen-bond acceptors (Lipinski definition) is 5. The van der Waals surface area contributed by atoms with Gasteiger partial charge in [-0.1, -0.05) is 29.5 Å². The van der Waals surface area contributed by atoms with Gasteiger partial charge in [-0.15, -0.1) is 5.10 Å². The van der Waals surface area contributed by atoms with Gasteiger partial charge in [0.25, 0.3) is 0 Å². The molecule has 172 valence electrons. The van der Waals surface area contributed by atoms with Gasteiger partial charge in [-0.05, 0) is 62.4 Å². The van der Waals surface area contributed by atoms with Crippen molar-refractivity contribution in [2.45, 2.75) is 46.2 Å². The average Bonchev–Trinajstić information content (AvgIpc) is 3.41. The molecule has 0 bridgehead atoms. The summed E-state index contributed by atoms with van der Waals surface area (Å²) in [5, 5.41) is 11.0. The number of carbonyl (C=O) groups is 2. The van der Waals surface area contributed by atoms with Crippen molar-refractivity contribution in [3.63, 3.8) is 0 Å². The highest BCUT2D eigenvalue weighted by molar-refractivity contribution is 5.86. The molecular weight excluding hydrogens is 416 g/mol. The van der Waals surface area contributed by atoms with E-state index in [0.717, 1.165) is 22.4 Å². The van der Waals surface area contributed by atoms with E-state index in [1.807, 2.05) is 39.0 Å². The minimum absolute atomic E-state index is 0.00119. The van der Waals surface area contributed by atoms with Crippen LogP contribution in [-0.4, -0.2) is 55.8 Å². The van der Waals surface area contributed by atoms with Crippen molar-refractivity contribution in [3.8, 4) is 11.1 Å². The molecule has 0 radical (unpaired) electrons. The maximum absolute atomic E-state index is 13.4. The molecule has 1 N–H and O–H groups in total. The zero-order chi connectivity index (χ0) is 23.4. The first-order valence-electron chi connectivity index (χ1n) is 11.3. The fourth-order valence-corrected chi connectivity index (χ4v) is 4.42. The number of carbonyl (C=O) groups excluding carboxylic acids is 2. The van der Waals surface area contributed by atoms with E-state index in [2.05, 4.69) is 38.8 Å². The Morgan fingerprint density at radius 3 is 2.64 bits per heavy atom. The summed E-state index contributed by atoms with van der Waals surface area (Å²) in [7, 11) is 0. The lowest BCUT2D eigenvalue weighted by molar-refractivity contribution is -0.134. The minimum atomic E-state index is -0.672. The third-order valence-electron chi connectivity index (χ3n) is 6.04. The van der Waals surface area contributed by atoms with Crippen LogP contribution in [0.15, 0.2) is 55.0 Å². The van der Waals surface area contributed by atoms with E-state index in [4.69, 9.17) is 0 Å². The third kappa shape index (κ3) is 5.27. The number of nitrogens with one attached hydrogen (secondary N) is 1. The van der Waals surface area contributed by atoms with E-state index in [1.165, 1.54) is 0 Å². The van der Waals surface area contributed by atoms with Crippen LogP contribution in [0.2, 0.25) is 0 Å². The molecule has 2 amide bonds. The van der Waals surface area contributed by atoms with E-state index in [9.17, 15) is 9.59 Å². The fraction of sp³-hybridized carbons (Fsp3) is 0.400. The molecule has 3 aromatic rings. The molecule has 0 aliphatic carbocycles. The molecule has 1 saturated heterocycles. The first-order valence-corrected chi connectivity index (χ1v) is 11.3. The molecule has 1 fully saturated rings. The van der Waals surface area contributed by atoms with Crippen molar-refractivity contribution in [1.82, 2.24) is 30.2 Å². The van der Waals surface area contributed by atoms with Crippen LogP contribution in [0.5, 0.6) is 0 Å². The molecule has 1 unspecified atom stereocenters. The van der Waals surface area contributed by atoms with E-state index in [0.29, 0.717) is 25.9 Å². The smallest absolute Gasteiger partial charge is 0.244 e. The summed E-state index contributed by atoms with van der Waals surface area (Å²) < 4.78 is 1.55. The number of rotatable bonds is 7. The molecule has 3 heterocycles. The predicted molar refractivity (Wildman–Crippen MR) is 125 cm³/mol. The van der Waals surface area contributed by atoms with Gasteiger partial charge in [0.2, 0.25) is 11.8 Å². The second kappa shape index (κ2) is 9.52. The Hall–Kier alpha value is -3.55. The number of nitrogens with zero attached hydrogens (tertiary/aromatic N) is 5. The van der Waals surface area contributed by atoms with Gasteiger partial charge in [0.05, 0.1) is 11.1 Å². The summed E-state index contributed by atoms with van der Waals surface area (Å²) >= 11 is 0. The van der Waals surface area contributed by atoms with E-state index in [1.54, 1.807) is 28.2 Å². The molecule has 1 atom stereocenters. The summed E-state index contributed by atoms with van der Waals surface area (Å²) in [6, 6.07) is 12.2. The number of aryl methyl sites for hydroxylation is 1. The quantitative estimate of drug-likeness (QED) is 0.602. The van der Waals surface area contributed by atoms with Crippen molar-refractivity contribution in [1.29, 1.82) is 0 Å². The summed E-state index contributed by atoms with van der Waals surface area (Å²) in [5.74, 6) is -0.0524. The summed E-state index contributed by atoms with van der Waals surface area (Å²) in [6.07, 6.45) is 6.48. The highest BCUT2D eigenvalue weighted by Gasteiger charge is 2.46. The van der Waals surface area contributed by atoms with Gasteiger partial charge >= 0.3 is 0 Å². The lowest BCUT2D eigenvalue weighted by Gasteiger charge is -2.29. The molecule has 0 saturated carbocycles. The van der Waals surface area contributed by atoms with Crippen LogP contribution in [0.1, 0.15) is 31.5 Å². The molecule has 0 spiro atoms. The zero-order valence-corrected chi connectivity index (χ0v) is 19.4. The Balaban J connectivity index is 1.56. The molecular formula is C25H30N6O2. The summed E-state index contributed by atoms with van der Waals surface area (Å²) in [6.45, 7) is 6.81. The van der Waals surface area contributed by atoms with Gasteiger partial charge in [-0.2, -0.15) is 0 Å². The van der Waals surface area contributed by atoms with Crippen LogP contribution in [-0.2, 0) is 22.6 Å². The third-order valence-corrected chi connectivity index (χ3v) is 6.04. The van der Waals surface area contributed by atoms with Crippen LogP contribution >= 0.6 is 0 Å². The predicted octanol–water partition coefficient (Wildman–Crippen LogP) is 2.63. The summed E-state index contributed by atoms with van der Waals surface area (Å²) in [5.41, 5.74) is 3.34. The fourth-order valence-electron chi connectivity index (χ4n) is 4.42. The second-order valence-corrected chi connectivity index (χ2v) is 9.14. The molecule has 8 heteroatoms. The Kier molecular flexibility index (Phi) is 6.53. The van der Waals surface area contributed by atoms with Gasteiger partial charge < -0.3 is 10.2 Å². The topological polar surface area (TPSA) is 93.0 Å². The van der Waals surface area contributed by atoms with Gasteiger partial charge in [0.15, 0.2) is 0 Å². The van der Waals surface area contributed by atoms with Crippen LogP contribution in [0.3, 0.4) is 0 Å². The maximum atomic E-state index is 13.4. The van der Waals surface area contributed by atoms with Crippen LogP contribution in [0, 0.1) is 12.3 Å². The normalized spacial score (nSPS) is 18.0. The number of aromatic nitrogens is 4. The lowest BCUT2D eigenvalue weighted by atomic mass is 9.79. The van der Waals surface area contributed by atoms with Crippen molar-refractivity contribution in [2.75, 3.05) is 13.1 Å². The largest absolute Gasteiger partial charge is 0.353 e. The van der Waals surface area contributed by atoms with E-state index < -0.39 is 5.41 Å². The number of amides is 2. The Labute approximate surface area is 194 Å². The Morgan fingerprint density at radius 2 is 1.94 bits per heavy atom. The lowest BCUT2D eigenvalue weighted by Crippen LogP contribution is -2.47. The summed E-state index contributed by atoms with van der Waals surface area (Å²) in [4.78, 5) is 32.2. The number of pyridine rings is 1. The van der Waals surface area contributed by atoms with Gasteiger partial charge in [0, 0.05) is 37.7 Å². The SMILES string of the molecule is Cc1cn(CC(=O)N2CCC(Cc3cccc(-c4ccncc4)c3)(C(=O)NC(C)C)C2)nn1. The van der Waals surface area contributed by atoms with Crippen molar-refractivity contribution in [2.24, 2.45) is 5.41 Å². The minimum Gasteiger partial charge on any atom is -0.353 e. The number of benzene rings is 1. The first kappa shape index (κ1) is 22.6. The Morgan fingerprint density at radius 1 is 1.15 bits per heavy atom. The van der Waals surface area contributed by atoms with Crippen LogP contribution in [0.4, 0.5) is 0 Å². The van der Waals surface area contributed by atoms with Crippen molar-refractivity contribution >= 4 is 11.8 Å². The van der Waals surface area contributed by atoms with Crippen LogP contribution < -0.4 is 5.32 Å². The monoisotopic (exact) mass is 446 g/mol. The molecule has 33 heavy (non-hydrogen) atoms.